The van der Waals surface area contributed by atoms with Crippen molar-refractivity contribution in [2.24, 2.45) is 7.05 Å². The third kappa shape index (κ3) is 2.84. The van der Waals surface area contributed by atoms with Crippen LogP contribution in [0.3, 0.4) is 0 Å². The van der Waals surface area contributed by atoms with Crippen LogP contribution in [0.2, 0.25) is 0 Å². The van der Waals surface area contributed by atoms with E-state index >= 15 is 0 Å². The van der Waals surface area contributed by atoms with E-state index in [0.717, 1.165) is 21.3 Å². The normalized spacial score (nSPS) is 12.0. The monoisotopic (exact) mass is 312 g/mol. The number of hydrogen-bond donors (Lipinski definition) is 0. The Morgan fingerprint density at radius 1 is 1.09 bits per heavy atom. The Kier molecular flexibility index (Phi) is 4.00. The van der Waals surface area contributed by atoms with Gasteiger partial charge in [-0.25, -0.2) is 4.79 Å². The van der Waals surface area contributed by atoms with Crippen LogP contribution in [-0.2, 0) is 13.2 Å². The molecule has 0 atom stereocenters. The van der Waals surface area contributed by atoms with Crippen LogP contribution >= 0.6 is 0 Å². The second-order valence-electron chi connectivity index (χ2n) is 5.29. The van der Waals surface area contributed by atoms with Crippen LogP contribution in [0.25, 0.3) is 5.69 Å². The van der Waals surface area contributed by atoms with Gasteiger partial charge in [0.1, 0.15) is 0 Å². The maximum absolute atomic E-state index is 12.8. The van der Waals surface area contributed by atoms with Crippen molar-refractivity contribution in [3.63, 3.8) is 0 Å². The van der Waals surface area contributed by atoms with Crippen LogP contribution in [0.5, 0.6) is 0 Å². The minimum absolute atomic E-state index is 0.0825. The van der Waals surface area contributed by atoms with Gasteiger partial charge < -0.3 is 0 Å². The standard InChI is InChI=1S/C15H15F3N2O2/c1-9(2)12-8-13(21)19(3)14(22)20(12)11-6-4-5-10(7-11)15(16,17)18/h4-9H,1-3H3. The van der Waals surface area contributed by atoms with Crippen molar-refractivity contribution in [1.29, 1.82) is 0 Å². The van der Waals surface area contributed by atoms with E-state index in [0.29, 0.717) is 5.69 Å². The second kappa shape index (κ2) is 5.47. The highest BCUT2D eigenvalue weighted by Gasteiger charge is 2.30. The first-order valence-electron chi connectivity index (χ1n) is 6.63. The molecule has 0 aliphatic heterocycles. The molecule has 118 valence electrons. The van der Waals surface area contributed by atoms with Crippen molar-refractivity contribution in [1.82, 2.24) is 9.13 Å². The lowest BCUT2D eigenvalue weighted by Gasteiger charge is -2.17. The molecule has 0 spiro atoms. The van der Waals surface area contributed by atoms with Crippen molar-refractivity contribution >= 4 is 0 Å². The summed E-state index contributed by atoms with van der Waals surface area (Å²) in [6.07, 6.45) is -4.50. The van der Waals surface area contributed by atoms with Crippen LogP contribution in [0.15, 0.2) is 39.9 Å². The maximum Gasteiger partial charge on any atom is 0.416 e. The van der Waals surface area contributed by atoms with Crippen molar-refractivity contribution in [2.75, 3.05) is 0 Å². The molecule has 0 saturated carbocycles. The molecule has 0 bridgehead atoms. The van der Waals surface area contributed by atoms with E-state index in [-0.39, 0.29) is 11.6 Å². The Balaban J connectivity index is 2.81. The van der Waals surface area contributed by atoms with E-state index in [4.69, 9.17) is 0 Å². The first kappa shape index (κ1) is 16.1. The fraction of sp³-hybridized carbons (Fsp3) is 0.333. The molecule has 0 radical (unpaired) electrons. The predicted molar refractivity (Wildman–Crippen MR) is 76.4 cm³/mol. The maximum atomic E-state index is 12.8. The summed E-state index contributed by atoms with van der Waals surface area (Å²) < 4.78 is 40.5. The molecule has 2 aromatic rings. The first-order valence-corrected chi connectivity index (χ1v) is 6.63. The number of aromatic nitrogens is 2. The smallest absolute Gasteiger partial charge is 0.269 e. The molecule has 1 aromatic carbocycles. The molecule has 0 aliphatic carbocycles. The van der Waals surface area contributed by atoms with Gasteiger partial charge in [0.05, 0.1) is 11.3 Å². The quantitative estimate of drug-likeness (QED) is 0.856. The van der Waals surface area contributed by atoms with Gasteiger partial charge in [-0.1, -0.05) is 19.9 Å². The number of alkyl halides is 3. The number of benzene rings is 1. The zero-order valence-electron chi connectivity index (χ0n) is 12.3. The fourth-order valence-corrected chi connectivity index (χ4v) is 2.15. The van der Waals surface area contributed by atoms with E-state index in [2.05, 4.69) is 0 Å². The van der Waals surface area contributed by atoms with E-state index in [1.165, 1.54) is 25.2 Å². The molecule has 7 heteroatoms. The first-order chi connectivity index (χ1) is 10.1. The minimum Gasteiger partial charge on any atom is -0.269 e. The van der Waals surface area contributed by atoms with Crippen LogP contribution in [-0.4, -0.2) is 9.13 Å². The summed E-state index contributed by atoms with van der Waals surface area (Å²) >= 11 is 0. The highest BCUT2D eigenvalue weighted by molar-refractivity contribution is 5.39. The second-order valence-corrected chi connectivity index (χ2v) is 5.29. The highest BCUT2D eigenvalue weighted by atomic mass is 19.4. The molecule has 1 aromatic heterocycles. The molecule has 0 N–H and O–H groups in total. The molecular formula is C15H15F3N2O2. The van der Waals surface area contributed by atoms with Gasteiger partial charge in [-0.2, -0.15) is 13.2 Å². The van der Waals surface area contributed by atoms with Gasteiger partial charge in [-0.05, 0) is 24.1 Å². The average molecular weight is 312 g/mol. The molecule has 4 nitrogen and oxygen atoms in total. The van der Waals surface area contributed by atoms with Gasteiger partial charge in [0, 0.05) is 18.8 Å². The topological polar surface area (TPSA) is 44.0 Å². The Morgan fingerprint density at radius 2 is 1.73 bits per heavy atom. The van der Waals surface area contributed by atoms with Gasteiger partial charge in [-0.3, -0.25) is 13.9 Å². The third-order valence-electron chi connectivity index (χ3n) is 3.36. The van der Waals surface area contributed by atoms with Gasteiger partial charge in [-0.15, -0.1) is 0 Å². The largest absolute Gasteiger partial charge is 0.416 e. The molecule has 0 fully saturated rings. The lowest BCUT2D eigenvalue weighted by atomic mass is 10.1. The van der Waals surface area contributed by atoms with Crippen LogP contribution in [0.1, 0.15) is 31.0 Å². The van der Waals surface area contributed by atoms with Crippen molar-refractivity contribution in [3.05, 3.63) is 62.4 Å². The van der Waals surface area contributed by atoms with E-state index in [1.807, 2.05) is 0 Å². The highest BCUT2D eigenvalue weighted by Crippen LogP contribution is 2.30. The SMILES string of the molecule is CC(C)c1cc(=O)n(C)c(=O)n1-c1cccc(C(F)(F)F)c1. The number of rotatable bonds is 2. The summed E-state index contributed by atoms with van der Waals surface area (Å²) in [6.45, 7) is 3.52. The van der Waals surface area contributed by atoms with Gasteiger partial charge in [0.2, 0.25) is 0 Å². The summed E-state index contributed by atoms with van der Waals surface area (Å²) in [5.74, 6) is -0.198. The van der Waals surface area contributed by atoms with Gasteiger partial charge in [0.15, 0.2) is 0 Å². The van der Waals surface area contributed by atoms with Gasteiger partial charge >= 0.3 is 11.9 Å². The Labute approximate surface area is 124 Å². The number of hydrogen-bond acceptors (Lipinski definition) is 2. The average Bonchev–Trinajstić information content (AvgIpc) is 2.43. The molecule has 1 heterocycles. The molecular weight excluding hydrogens is 297 g/mol. The Bertz CT molecular complexity index is 817. The molecule has 0 amide bonds. The summed E-state index contributed by atoms with van der Waals surface area (Å²) in [5, 5.41) is 0. The fourth-order valence-electron chi connectivity index (χ4n) is 2.15. The molecule has 22 heavy (non-hydrogen) atoms. The van der Waals surface area contributed by atoms with Crippen molar-refractivity contribution < 1.29 is 13.2 Å². The summed E-state index contributed by atoms with van der Waals surface area (Å²) in [7, 11) is 1.29. The van der Waals surface area contributed by atoms with Crippen LogP contribution in [0.4, 0.5) is 13.2 Å². The number of halogens is 3. The molecule has 2 rings (SSSR count). The lowest BCUT2D eigenvalue weighted by molar-refractivity contribution is -0.137. The number of nitrogens with zero attached hydrogens (tertiary/aromatic N) is 2. The van der Waals surface area contributed by atoms with Crippen molar-refractivity contribution in [3.8, 4) is 5.69 Å². The van der Waals surface area contributed by atoms with E-state index in [1.54, 1.807) is 13.8 Å². The summed E-state index contributed by atoms with van der Waals surface area (Å²) in [6, 6.07) is 5.75. The Morgan fingerprint density at radius 3 is 2.27 bits per heavy atom. The molecule has 0 aliphatic rings. The van der Waals surface area contributed by atoms with E-state index in [9.17, 15) is 22.8 Å². The zero-order valence-corrected chi connectivity index (χ0v) is 12.3. The van der Waals surface area contributed by atoms with Crippen LogP contribution < -0.4 is 11.2 Å². The minimum atomic E-state index is -4.50. The zero-order chi connectivity index (χ0) is 16.7. The van der Waals surface area contributed by atoms with E-state index < -0.39 is 23.0 Å². The predicted octanol–water partition coefficient (Wildman–Crippen LogP) is 2.68. The lowest BCUT2D eigenvalue weighted by Crippen LogP contribution is -2.38. The summed E-state index contributed by atoms with van der Waals surface area (Å²) in [4.78, 5) is 24.1. The molecule has 0 unspecified atom stereocenters. The molecule has 0 saturated heterocycles. The van der Waals surface area contributed by atoms with Gasteiger partial charge in [0.25, 0.3) is 5.56 Å². The third-order valence-corrected chi connectivity index (χ3v) is 3.36. The van der Waals surface area contributed by atoms with Crippen molar-refractivity contribution in [2.45, 2.75) is 25.9 Å². The Hall–Kier alpha value is -2.31. The summed E-state index contributed by atoms with van der Waals surface area (Å²) in [5.41, 5.74) is -1.56. The van der Waals surface area contributed by atoms with Crippen LogP contribution in [0, 0.1) is 0 Å².